The van der Waals surface area contributed by atoms with Crippen LogP contribution in [0.1, 0.15) is 31.2 Å². The number of nitrogens with one attached hydrogen (secondary N) is 1. The van der Waals surface area contributed by atoms with E-state index in [4.69, 9.17) is 0 Å². The van der Waals surface area contributed by atoms with Crippen molar-refractivity contribution >= 4 is 17.7 Å². The lowest BCUT2D eigenvalue weighted by atomic mass is 10.0. The summed E-state index contributed by atoms with van der Waals surface area (Å²) in [5.74, 6) is 0.393. The second-order valence-electron chi connectivity index (χ2n) is 5.31. The van der Waals surface area contributed by atoms with Gasteiger partial charge in [-0.2, -0.15) is 0 Å². The lowest BCUT2D eigenvalue weighted by Gasteiger charge is -2.22. The summed E-state index contributed by atoms with van der Waals surface area (Å²) < 4.78 is 0. The Morgan fingerprint density at radius 1 is 1.32 bits per heavy atom. The van der Waals surface area contributed by atoms with Crippen LogP contribution in [0, 0.1) is 6.92 Å². The van der Waals surface area contributed by atoms with E-state index in [1.807, 2.05) is 31.2 Å². The van der Waals surface area contributed by atoms with Crippen molar-refractivity contribution < 1.29 is 9.90 Å². The van der Waals surface area contributed by atoms with E-state index >= 15 is 0 Å². The highest BCUT2D eigenvalue weighted by Crippen LogP contribution is 2.28. The second-order valence-corrected chi connectivity index (χ2v) is 6.36. The van der Waals surface area contributed by atoms with Crippen LogP contribution < -0.4 is 5.32 Å². The Hall–Kier alpha value is -1.00. The number of hydrogen-bond donors (Lipinski definition) is 2. The van der Waals surface area contributed by atoms with Gasteiger partial charge in [0.05, 0.1) is 11.4 Å². The normalized spacial score (nSPS) is 17.4. The first-order chi connectivity index (χ1) is 9.07. The van der Waals surface area contributed by atoms with Gasteiger partial charge in [-0.05, 0) is 31.9 Å². The van der Waals surface area contributed by atoms with E-state index in [9.17, 15) is 9.90 Å². The maximum atomic E-state index is 11.7. The van der Waals surface area contributed by atoms with Crippen LogP contribution in [0.15, 0.2) is 29.2 Å². The topological polar surface area (TPSA) is 49.3 Å². The summed E-state index contributed by atoms with van der Waals surface area (Å²) in [5.41, 5.74) is 0.557. The number of aliphatic hydroxyl groups is 1. The molecule has 1 aliphatic rings. The quantitative estimate of drug-likeness (QED) is 0.814. The zero-order chi connectivity index (χ0) is 13.7. The van der Waals surface area contributed by atoms with Crippen LogP contribution in [0.2, 0.25) is 0 Å². The second kappa shape index (κ2) is 6.44. The van der Waals surface area contributed by atoms with Gasteiger partial charge in [-0.15, -0.1) is 11.8 Å². The van der Waals surface area contributed by atoms with E-state index in [1.165, 1.54) is 17.3 Å². The first-order valence-corrected chi connectivity index (χ1v) is 7.75. The zero-order valence-corrected chi connectivity index (χ0v) is 12.1. The van der Waals surface area contributed by atoms with Crippen molar-refractivity contribution in [2.45, 2.75) is 43.1 Å². The number of rotatable bonds is 5. The summed E-state index contributed by atoms with van der Waals surface area (Å²) in [6.07, 6.45) is 3.73. The lowest BCUT2D eigenvalue weighted by molar-refractivity contribution is -0.119. The molecule has 0 atom stereocenters. The summed E-state index contributed by atoms with van der Waals surface area (Å²) in [6.45, 7) is 2.43. The van der Waals surface area contributed by atoms with E-state index in [0.29, 0.717) is 12.3 Å². The van der Waals surface area contributed by atoms with Crippen molar-refractivity contribution in [3.63, 3.8) is 0 Å². The molecule has 104 valence electrons. The standard InChI is InChI=1S/C15H21NO2S/c1-12-4-6-13(7-5-12)19-10-14(17)16-11-15(18)8-2-3-9-15/h4-7,18H,2-3,8-11H2,1H3,(H,16,17). The molecule has 0 radical (unpaired) electrons. The van der Waals surface area contributed by atoms with Crippen LogP contribution in [-0.4, -0.2) is 28.9 Å². The zero-order valence-electron chi connectivity index (χ0n) is 11.3. The molecule has 1 aromatic carbocycles. The molecule has 0 aliphatic heterocycles. The van der Waals surface area contributed by atoms with Crippen LogP contribution >= 0.6 is 11.8 Å². The van der Waals surface area contributed by atoms with Crippen LogP contribution in [0.3, 0.4) is 0 Å². The molecule has 0 unspecified atom stereocenters. The van der Waals surface area contributed by atoms with Crippen molar-refractivity contribution in [1.29, 1.82) is 0 Å². The minimum absolute atomic E-state index is 0.00843. The minimum atomic E-state index is -0.663. The predicted molar refractivity (Wildman–Crippen MR) is 78.3 cm³/mol. The molecule has 1 fully saturated rings. The maximum Gasteiger partial charge on any atom is 0.230 e. The van der Waals surface area contributed by atoms with Gasteiger partial charge in [0.15, 0.2) is 0 Å². The fourth-order valence-corrected chi connectivity index (χ4v) is 3.04. The molecule has 1 amide bonds. The number of aryl methyl sites for hydroxylation is 1. The molecule has 0 aromatic heterocycles. The van der Waals surface area contributed by atoms with Crippen molar-refractivity contribution in [3.05, 3.63) is 29.8 Å². The molecule has 0 bridgehead atoms. The molecule has 1 aliphatic carbocycles. The molecule has 2 N–H and O–H groups in total. The number of carbonyl (C=O) groups excluding carboxylic acids is 1. The molecule has 0 saturated heterocycles. The predicted octanol–water partition coefficient (Wildman–Crippen LogP) is 2.51. The van der Waals surface area contributed by atoms with Crippen molar-refractivity contribution in [2.24, 2.45) is 0 Å². The number of carbonyl (C=O) groups is 1. The van der Waals surface area contributed by atoms with Gasteiger partial charge in [0.2, 0.25) is 5.91 Å². The fourth-order valence-electron chi connectivity index (χ4n) is 2.31. The molecule has 0 spiro atoms. The smallest absolute Gasteiger partial charge is 0.230 e. The van der Waals surface area contributed by atoms with E-state index < -0.39 is 5.60 Å². The Bertz CT molecular complexity index is 424. The Kier molecular flexibility index (Phi) is 4.88. The summed E-state index contributed by atoms with van der Waals surface area (Å²) in [5, 5.41) is 13.0. The molecule has 4 heteroatoms. The SMILES string of the molecule is Cc1ccc(SCC(=O)NCC2(O)CCCC2)cc1. The third-order valence-corrected chi connectivity index (χ3v) is 4.55. The number of amides is 1. The summed E-state index contributed by atoms with van der Waals surface area (Å²) >= 11 is 1.52. The highest BCUT2D eigenvalue weighted by molar-refractivity contribution is 8.00. The van der Waals surface area contributed by atoms with Crippen LogP contribution in [0.25, 0.3) is 0 Å². The minimum Gasteiger partial charge on any atom is -0.388 e. The third kappa shape index (κ3) is 4.55. The number of thioether (sulfide) groups is 1. The van der Waals surface area contributed by atoms with Gasteiger partial charge in [0.25, 0.3) is 0 Å². The molecule has 19 heavy (non-hydrogen) atoms. The molecule has 2 rings (SSSR count). The van der Waals surface area contributed by atoms with Gasteiger partial charge in [0, 0.05) is 11.4 Å². The van der Waals surface area contributed by atoms with Crippen LogP contribution in [0.4, 0.5) is 0 Å². The summed E-state index contributed by atoms with van der Waals surface area (Å²) in [4.78, 5) is 12.8. The Morgan fingerprint density at radius 3 is 2.58 bits per heavy atom. The summed E-state index contributed by atoms with van der Waals surface area (Å²) in [7, 11) is 0. The van der Waals surface area contributed by atoms with Crippen LogP contribution in [0.5, 0.6) is 0 Å². The maximum absolute atomic E-state index is 11.7. The first kappa shape index (κ1) is 14.4. The monoisotopic (exact) mass is 279 g/mol. The van der Waals surface area contributed by atoms with E-state index in [1.54, 1.807) is 0 Å². The van der Waals surface area contributed by atoms with Gasteiger partial charge in [-0.25, -0.2) is 0 Å². The highest BCUT2D eigenvalue weighted by atomic mass is 32.2. The average molecular weight is 279 g/mol. The highest BCUT2D eigenvalue weighted by Gasteiger charge is 2.31. The van der Waals surface area contributed by atoms with Gasteiger partial charge < -0.3 is 10.4 Å². The Morgan fingerprint density at radius 2 is 1.95 bits per heavy atom. The Balaban J connectivity index is 1.71. The molecular weight excluding hydrogens is 258 g/mol. The molecule has 1 saturated carbocycles. The number of hydrogen-bond acceptors (Lipinski definition) is 3. The molecular formula is C15H21NO2S. The van der Waals surface area contributed by atoms with E-state index in [2.05, 4.69) is 5.32 Å². The summed E-state index contributed by atoms with van der Waals surface area (Å²) in [6, 6.07) is 8.14. The molecule has 1 aromatic rings. The largest absolute Gasteiger partial charge is 0.388 e. The van der Waals surface area contributed by atoms with Crippen molar-refractivity contribution in [1.82, 2.24) is 5.32 Å². The van der Waals surface area contributed by atoms with Gasteiger partial charge in [-0.3, -0.25) is 4.79 Å². The van der Waals surface area contributed by atoms with E-state index in [-0.39, 0.29) is 5.91 Å². The number of benzene rings is 1. The van der Waals surface area contributed by atoms with Gasteiger partial charge in [0.1, 0.15) is 0 Å². The van der Waals surface area contributed by atoms with Gasteiger partial charge in [-0.1, -0.05) is 30.5 Å². The van der Waals surface area contributed by atoms with E-state index in [0.717, 1.165) is 30.6 Å². The average Bonchev–Trinajstić information content (AvgIpc) is 2.83. The molecule has 3 nitrogen and oxygen atoms in total. The third-order valence-electron chi connectivity index (χ3n) is 3.54. The fraction of sp³-hybridized carbons (Fsp3) is 0.533. The lowest BCUT2D eigenvalue weighted by Crippen LogP contribution is -2.41. The molecule has 0 heterocycles. The van der Waals surface area contributed by atoms with Gasteiger partial charge >= 0.3 is 0 Å². The van der Waals surface area contributed by atoms with Crippen LogP contribution in [-0.2, 0) is 4.79 Å². The Labute approximate surface area is 118 Å². The van der Waals surface area contributed by atoms with Crippen molar-refractivity contribution in [2.75, 3.05) is 12.3 Å². The first-order valence-electron chi connectivity index (χ1n) is 6.76. The van der Waals surface area contributed by atoms with Crippen molar-refractivity contribution in [3.8, 4) is 0 Å².